The van der Waals surface area contributed by atoms with Gasteiger partial charge in [-0.25, -0.2) is 9.69 Å². The minimum Gasteiger partial charge on any atom is -0.410 e. The molecule has 4 heteroatoms. The highest BCUT2D eigenvalue weighted by Crippen LogP contribution is 2.39. The lowest BCUT2D eigenvalue weighted by molar-refractivity contribution is -0.118. The lowest BCUT2D eigenvalue weighted by atomic mass is 9.98. The first-order valence-electron chi connectivity index (χ1n) is 6.92. The maximum absolute atomic E-state index is 12.5. The molecule has 0 aliphatic carbocycles. The Hall–Kier alpha value is -2.62. The summed E-state index contributed by atoms with van der Waals surface area (Å²) < 4.78 is 5.28. The molecule has 106 valence electrons. The SMILES string of the molecule is CC[C@H]1C(=O)N(C(=O)Oc2ccccc2)c2ccccc21. The number of carbonyl (C=O) groups excluding carboxylic acids is 2. The topological polar surface area (TPSA) is 46.6 Å². The molecule has 1 aliphatic rings. The van der Waals surface area contributed by atoms with Gasteiger partial charge in [-0.05, 0) is 30.2 Å². The van der Waals surface area contributed by atoms with Crippen molar-refractivity contribution in [1.29, 1.82) is 0 Å². The molecule has 4 nitrogen and oxygen atoms in total. The summed E-state index contributed by atoms with van der Waals surface area (Å²) in [5.41, 5.74) is 1.50. The summed E-state index contributed by atoms with van der Waals surface area (Å²) >= 11 is 0. The monoisotopic (exact) mass is 281 g/mol. The third-order valence-electron chi connectivity index (χ3n) is 3.61. The molecular weight excluding hydrogens is 266 g/mol. The van der Waals surface area contributed by atoms with Crippen molar-refractivity contribution in [3.8, 4) is 5.75 Å². The summed E-state index contributed by atoms with van der Waals surface area (Å²) in [4.78, 5) is 25.9. The van der Waals surface area contributed by atoms with Crippen LogP contribution in [-0.2, 0) is 4.79 Å². The van der Waals surface area contributed by atoms with Gasteiger partial charge in [0, 0.05) is 0 Å². The van der Waals surface area contributed by atoms with Gasteiger partial charge in [0.15, 0.2) is 0 Å². The standard InChI is InChI=1S/C17H15NO3/c1-2-13-14-10-6-7-11-15(14)18(16(13)19)17(20)21-12-8-4-3-5-9-12/h3-11,13H,2H2,1H3/t13-/m1/s1. The van der Waals surface area contributed by atoms with E-state index in [4.69, 9.17) is 4.74 Å². The van der Waals surface area contributed by atoms with Crippen LogP contribution in [-0.4, -0.2) is 12.0 Å². The van der Waals surface area contributed by atoms with Crippen LogP contribution in [0.1, 0.15) is 24.8 Å². The van der Waals surface area contributed by atoms with E-state index in [0.29, 0.717) is 17.9 Å². The number of benzene rings is 2. The third-order valence-corrected chi connectivity index (χ3v) is 3.61. The lowest BCUT2D eigenvalue weighted by Crippen LogP contribution is -2.37. The molecular formula is C17H15NO3. The van der Waals surface area contributed by atoms with Crippen molar-refractivity contribution in [2.24, 2.45) is 0 Å². The summed E-state index contributed by atoms with van der Waals surface area (Å²) in [6.07, 6.45) is -0.0000757. The molecule has 0 saturated heterocycles. The Morgan fingerprint density at radius 3 is 2.48 bits per heavy atom. The van der Waals surface area contributed by atoms with Crippen molar-refractivity contribution in [3.05, 3.63) is 60.2 Å². The fourth-order valence-electron chi connectivity index (χ4n) is 2.61. The number of amides is 2. The highest BCUT2D eigenvalue weighted by molar-refractivity contribution is 6.19. The molecule has 0 bridgehead atoms. The number of rotatable bonds is 2. The molecule has 21 heavy (non-hydrogen) atoms. The van der Waals surface area contributed by atoms with Crippen molar-refractivity contribution < 1.29 is 14.3 Å². The van der Waals surface area contributed by atoms with Crippen molar-refractivity contribution in [1.82, 2.24) is 0 Å². The highest BCUT2D eigenvalue weighted by Gasteiger charge is 2.40. The minimum atomic E-state index is -0.658. The zero-order valence-electron chi connectivity index (χ0n) is 11.7. The Kier molecular flexibility index (Phi) is 3.44. The van der Waals surface area contributed by atoms with Gasteiger partial charge in [-0.3, -0.25) is 4.79 Å². The largest absolute Gasteiger partial charge is 0.426 e. The van der Waals surface area contributed by atoms with Crippen molar-refractivity contribution >= 4 is 17.7 Å². The molecule has 2 amide bonds. The quantitative estimate of drug-likeness (QED) is 0.842. The second kappa shape index (κ2) is 5.40. The number of fused-ring (bicyclic) bond motifs is 1. The molecule has 1 aliphatic heterocycles. The van der Waals surface area contributed by atoms with Crippen LogP contribution in [0.15, 0.2) is 54.6 Å². The second-order valence-corrected chi connectivity index (χ2v) is 4.87. The number of imide groups is 1. The molecule has 0 N–H and O–H groups in total. The van der Waals surface area contributed by atoms with E-state index in [2.05, 4.69) is 0 Å². The Bertz CT molecular complexity index is 681. The summed E-state index contributed by atoms with van der Waals surface area (Å²) in [5.74, 6) is -0.0723. The van der Waals surface area contributed by atoms with Crippen LogP contribution in [0.4, 0.5) is 10.5 Å². The molecule has 0 radical (unpaired) electrons. The summed E-state index contributed by atoms with van der Waals surface area (Å²) in [7, 11) is 0. The first-order valence-corrected chi connectivity index (χ1v) is 6.92. The smallest absolute Gasteiger partial charge is 0.410 e. The molecule has 2 aromatic rings. The van der Waals surface area contributed by atoms with Crippen LogP contribution in [0.25, 0.3) is 0 Å². The molecule has 3 rings (SSSR count). The molecule has 1 heterocycles. The first-order chi connectivity index (χ1) is 10.2. The maximum atomic E-state index is 12.5. The molecule has 0 unspecified atom stereocenters. The molecule has 0 saturated carbocycles. The maximum Gasteiger partial charge on any atom is 0.426 e. The van der Waals surface area contributed by atoms with E-state index in [1.165, 1.54) is 0 Å². The molecule has 0 spiro atoms. The number of hydrogen-bond acceptors (Lipinski definition) is 3. The van der Waals surface area contributed by atoms with Crippen LogP contribution in [0.5, 0.6) is 5.75 Å². The van der Waals surface area contributed by atoms with Crippen LogP contribution < -0.4 is 9.64 Å². The predicted molar refractivity (Wildman–Crippen MR) is 79.4 cm³/mol. The van der Waals surface area contributed by atoms with Crippen LogP contribution in [0.3, 0.4) is 0 Å². The normalized spacial score (nSPS) is 16.7. The molecule has 2 aromatic carbocycles. The molecule has 1 atom stereocenters. The fourth-order valence-corrected chi connectivity index (χ4v) is 2.61. The minimum absolute atomic E-state index is 0.223. The van der Waals surface area contributed by atoms with Gasteiger partial charge in [0.2, 0.25) is 5.91 Å². The Labute approximate surface area is 123 Å². The van der Waals surface area contributed by atoms with Gasteiger partial charge in [-0.1, -0.05) is 43.3 Å². The molecule has 0 fully saturated rings. The van der Waals surface area contributed by atoms with Gasteiger partial charge in [0.25, 0.3) is 0 Å². The predicted octanol–water partition coefficient (Wildman–Crippen LogP) is 3.73. The number of ether oxygens (including phenoxy) is 1. The van der Waals surface area contributed by atoms with E-state index in [1.54, 1.807) is 30.3 Å². The van der Waals surface area contributed by atoms with Gasteiger partial charge < -0.3 is 4.74 Å². The zero-order valence-corrected chi connectivity index (χ0v) is 11.7. The van der Waals surface area contributed by atoms with Crippen LogP contribution in [0, 0.1) is 0 Å². The molecule has 0 aromatic heterocycles. The van der Waals surface area contributed by atoms with Gasteiger partial charge in [0.05, 0.1) is 11.6 Å². The van der Waals surface area contributed by atoms with E-state index in [1.807, 2.05) is 31.2 Å². The van der Waals surface area contributed by atoms with Crippen molar-refractivity contribution in [2.75, 3.05) is 4.90 Å². The second-order valence-electron chi connectivity index (χ2n) is 4.87. The van der Waals surface area contributed by atoms with Crippen LogP contribution in [0.2, 0.25) is 0 Å². The van der Waals surface area contributed by atoms with E-state index in [-0.39, 0.29) is 11.8 Å². The van der Waals surface area contributed by atoms with Crippen LogP contribution >= 0.6 is 0 Å². The first kappa shape index (κ1) is 13.4. The van der Waals surface area contributed by atoms with Gasteiger partial charge in [-0.15, -0.1) is 0 Å². The zero-order chi connectivity index (χ0) is 14.8. The third kappa shape index (κ3) is 2.29. The van der Waals surface area contributed by atoms with E-state index in [0.717, 1.165) is 10.5 Å². The van der Waals surface area contributed by atoms with Gasteiger partial charge in [-0.2, -0.15) is 0 Å². The van der Waals surface area contributed by atoms with E-state index >= 15 is 0 Å². The van der Waals surface area contributed by atoms with Gasteiger partial charge in [0.1, 0.15) is 5.75 Å². The average molecular weight is 281 g/mol. The average Bonchev–Trinajstić information content (AvgIpc) is 2.79. The Morgan fingerprint density at radius 2 is 1.76 bits per heavy atom. The number of anilines is 1. The highest BCUT2D eigenvalue weighted by atomic mass is 16.6. The van der Waals surface area contributed by atoms with Gasteiger partial charge >= 0.3 is 6.09 Å². The fraction of sp³-hybridized carbons (Fsp3) is 0.176. The summed E-state index contributed by atoms with van der Waals surface area (Å²) in [5, 5.41) is 0. The van der Waals surface area contributed by atoms with Crippen molar-refractivity contribution in [2.45, 2.75) is 19.3 Å². The Balaban J connectivity index is 1.92. The number of nitrogens with zero attached hydrogens (tertiary/aromatic N) is 1. The lowest BCUT2D eigenvalue weighted by Gasteiger charge is -2.15. The summed E-state index contributed by atoms with van der Waals surface area (Å²) in [6.45, 7) is 1.94. The number of para-hydroxylation sites is 2. The Morgan fingerprint density at radius 1 is 1.10 bits per heavy atom. The summed E-state index contributed by atoms with van der Waals surface area (Å²) in [6, 6.07) is 16.1. The van der Waals surface area contributed by atoms with E-state index in [9.17, 15) is 9.59 Å². The van der Waals surface area contributed by atoms with Crippen molar-refractivity contribution in [3.63, 3.8) is 0 Å². The number of carbonyl (C=O) groups is 2. The van der Waals surface area contributed by atoms with E-state index < -0.39 is 6.09 Å². The number of hydrogen-bond donors (Lipinski definition) is 0.